The molecule has 2 amide bonds. The topological polar surface area (TPSA) is 108 Å². The number of anilines is 1. The van der Waals surface area contributed by atoms with Crippen molar-refractivity contribution in [2.24, 2.45) is 11.0 Å². The smallest absolute Gasteiger partial charge is 0.243 e. The molecule has 2 N–H and O–H groups in total. The van der Waals surface area contributed by atoms with Crippen molar-refractivity contribution in [1.82, 2.24) is 9.73 Å². The van der Waals surface area contributed by atoms with E-state index >= 15 is 0 Å². The zero-order chi connectivity index (χ0) is 22.4. The number of carbonyl (C=O) groups excluding carboxylic acids is 2. The Balaban J connectivity index is 1.50. The molecule has 0 aliphatic carbocycles. The van der Waals surface area contributed by atoms with E-state index in [9.17, 15) is 18.0 Å². The van der Waals surface area contributed by atoms with Crippen LogP contribution in [-0.4, -0.2) is 43.8 Å². The second-order valence-corrected chi connectivity index (χ2v) is 9.47. The van der Waals surface area contributed by atoms with Gasteiger partial charge in [0.2, 0.25) is 21.8 Å². The molecule has 1 saturated heterocycles. The van der Waals surface area contributed by atoms with Gasteiger partial charge in [-0.15, -0.1) is 0 Å². The van der Waals surface area contributed by atoms with Crippen molar-refractivity contribution >= 4 is 33.7 Å². The van der Waals surface area contributed by atoms with Gasteiger partial charge in [-0.1, -0.05) is 29.8 Å². The second-order valence-electron chi connectivity index (χ2n) is 7.53. The molecule has 0 bridgehead atoms. The van der Waals surface area contributed by atoms with Crippen LogP contribution >= 0.6 is 0 Å². The van der Waals surface area contributed by atoms with E-state index in [0.717, 1.165) is 11.1 Å². The van der Waals surface area contributed by atoms with E-state index in [1.807, 2.05) is 6.92 Å². The van der Waals surface area contributed by atoms with Gasteiger partial charge in [-0.2, -0.15) is 9.41 Å². The third-order valence-electron chi connectivity index (χ3n) is 5.10. The van der Waals surface area contributed by atoms with Crippen LogP contribution in [0.15, 0.2) is 58.5 Å². The van der Waals surface area contributed by atoms with E-state index in [-0.39, 0.29) is 22.6 Å². The number of hydrogen-bond acceptors (Lipinski definition) is 5. The van der Waals surface area contributed by atoms with E-state index in [4.69, 9.17) is 0 Å². The largest absolute Gasteiger partial charge is 0.326 e. The molecule has 3 rings (SSSR count). The number of hydrogen-bond donors (Lipinski definition) is 2. The second kappa shape index (κ2) is 9.84. The van der Waals surface area contributed by atoms with E-state index < -0.39 is 10.0 Å². The highest BCUT2D eigenvalue weighted by Gasteiger charge is 2.31. The maximum Gasteiger partial charge on any atom is 0.243 e. The van der Waals surface area contributed by atoms with E-state index in [1.54, 1.807) is 48.5 Å². The van der Waals surface area contributed by atoms with Crippen LogP contribution in [0.3, 0.4) is 0 Å². The molecule has 0 radical (unpaired) electrons. The molecule has 0 unspecified atom stereocenters. The lowest BCUT2D eigenvalue weighted by Gasteiger charge is -2.30. The number of carbonyl (C=O) groups is 2. The van der Waals surface area contributed by atoms with Crippen LogP contribution in [0.5, 0.6) is 0 Å². The minimum Gasteiger partial charge on any atom is -0.326 e. The fourth-order valence-electron chi connectivity index (χ4n) is 3.34. The summed E-state index contributed by atoms with van der Waals surface area (Å²) in [5.41, 5.74) is 4.98. The van der Waals surface area contributed by atoms with Gasteiger partial charge >= 0.3 is 0 Å². The fraction of sp³-hybridized carbons (Fsp3) is 0.318. The van der Waals surface area contributed by atoms with E-state index in [2.05, 4.69) is 15.8 Å². The molecule has 31 heavy (non-hydrogen) atoms. The summed E-state index contributed by atoms with van der Waals surface area (Å²) in [4.78, 5) is 23.7. The van der Waals surface area contributed by atoms with Crippen LogP contribution in [0.2, 0.25) is 0 Å². The highest BCUT2D eigenvalue weighted by molar-refractivity contribution is 7.89. The van der Waals surface area contributed by atoms with Crippen molar-refractivity contribution < 1.29 is 18.0 Å². The van der Waals surface area contributed by atoms with Gasteiger partial charge in [-0.05, 0) is 49.6 Å². The molecule has 164 valence electrons. The molecule has 0 saturated carbocycles. The Labute approximate surface area is 182 Å². The average Bonchev–Trinajstić information content (AvgIpc) is 2.75. The zero-order valence-corrected chi connectivity index (χ0v) is 18.4. The van der Waals surface area contributed by atoms with Gasteiger partial charge in [0.05, 0.1) is 11.1 Å². The van der Waals surface area contributed by atoms with Gasteiger partial charge in [-0.3, -0.25) is 9.59 Å². The predicted molar refractivity (Wildman–Crippen MR) is 119 cm³/mol. The lowest BCUT2D eigenvalue weighted by molar-refractivity contribution is -0.126. The van der Waals surface area contributed by atoms with Crippen LogP contribution in [0.1, 0.15) is 30.9 Å². The lowest BCUT2D eigenvalue weighted by atomic mass is 9.98. The molecule has 2 aromatic rings. The maximum absolute atomic E-state index is 12.8. The third-order valence-corrected chi connectivity index (χ3v) is 7.02. The summed E-state index contributed by atoms with van der Waals surface area (Å²) in [5, 5.41) is 6.66. The minimum atomic E-state index is -3.55. The number of nitrogens with one attached hydrogen (secondary N) is 2. The summed E-state index contributed by atoms with van der Waals surface area (Å²) in [6.45, 7) is 3.93. The maximum atomic E-state index is 12.8. The summed E-state index contributed by atoms with van der Waals surface area (Å²) >= 11 is 0. The van der Waals surface area contributed by atoms with Gasteiger partial charge in [-0.25, -0.2) is 13.8 Å². The van der Waals surface area contributed by atoms with Crippen molar-refractivity contribution in [2.75, 3.05) is 18.4 Å². The van der Waals surface area contributed by atoms with Crippen molar-refractivity contribution in [2.45, 2.75) is 31.6 Å². The van der Waals surface area contributed by atoms with Crippen molar-refractivity contribution in [3.63, 3.8) is 0 Å². The molecule has 1 heterocycles. The molecule has 0 atom stereocenters. The van der Waals surface area contributed by atoms with Crippen molar-refractivity contribution in [3.8, 4) is 0 Å². The first kappa shape index (κ1) is 22.6. The normalized spacial score (nSPS) is 15.7. The Morgan fingerprint density at radius 2 is 1.65 bits per heavy atom. The number of sulfonamides is 1. The monoisotopic (exact) mass is 442 g/mol. The van der Waals surface area contributed by atoms with Crippen LogP contribution in [-0.2, 0) is 19.6 Å². The Bertz CT molecular complexity index is 1060. The number of hydrazone groups is 1. The minimum absolute atomic E-state index is 0.147. The van der Waals surface area contributed by atoms with Crippen LogP contribution in [0.4, 0.5) is 5.69 Å². The highest BCUT2D eigenvalue weighted by Crippen LogP contribution is 2.24. The first-order chi connectivity index (χ1) is 14.8. The Morgan fingerprint density at radius 1 is 1.03 bits per heavy atom. The summed E-state index contributed by atoms with van der Waals surface area (Å²) < 4.78 is 27.0. The van der Waals surface area contributed by atoms with Gasteiger partial charge in [0, 0.05) is 31.6 Å². The molecule has 8 nitrogen and oxygen atoms in total. The molecule has 2 aromatic carbocycles. The van der Waals surface area contributed by atoms with Gasteiger partial charge in [0.25, 0.3) is 0 Å². The molecular formula is C22H26N4O4S. The number of nitrogens with zero attached hydrogens (tertiary/aromatic N) is 2. The lowest BCUT2D eigenvalue weighted by Crippen LogP contribution is -2.42. The van der Waals surface area contributed by atoms with Gasteiger partial charge < -0.3 is 5.32 Å². The summed E-state index contributed by atoms with van der Waals surface area (Å²) in [5.74, 6) is -0.659. The molecule has 1 aliphatic heterocycles. The highest BCUT2D eigenvalue weighted by atomic mass is 32.2. The Morgan fingerprint density at radius 3 is 2.23 bits per heavy atom. The summed E-state index contributed by atoms with van der Waals surface area (Å²) in [6, 6.07) is 13.8. The van der Waals surface area contributed by atoms with Gasteiger partial charge in [0.15, 0.2) is 0 Å². The zero-order valence-electron chi connectivity index (χ0n) is 17.5. The molecular weight excluding hydrogens is 416 g/mol. The molecule has 1 aliphatic rings. The molecule has 1 fully saturated rings. The average molecular weight is 443 g/mol. The molecule has 0 spiro atoms. The van der Waals surface area contributed by atoms with Crippen molar-refractivity contribution in [3.05, 3.63) is 59.7 Å². The number of amides is 2. The van der Waals surface area contributed by atoms with E-state index in [0.29, 0.717) is 31.6 Å². The Hall–Kier alpha value is -3.04. The van der Waals surface area contributed by atoms with Crippen LogP contribution < -0.4 is 10.7 Å². The SMILES string of the molecule is CC(=O)Nc1ccc(C=NNC(=O)C2CCN(S(=O)(=O)c3ccc(C)cc3)CC2)cc1. The van der Waals surface area contributed by atoms with Crippen molar-refractivity contribution in [1.29, 1.82) is 0 Å². The van der Waals surface area contributed by atoms with Gasteiger partial charge in [0.1, 0.15) is 0 Å². The molecule has 0 aromatic heterocycles. The number of aryl methyl sites for hydroxylation is 1. The first-order valence-corrected chi connectivity index (χ1v) is 11.5. The molecule has 9 heteroatoms. The van der Waals surface area contributed by atoms with E-state index in [1.165, 1.54) is 17.4 Å². The summed E-state index contributed by atoms with van der Waals surface area (Å²) in [6.07, 6.45) is 2.40. The first-order valence-electron chi connectivity index (χ1n) is 10.0. The van der Waals surface area contributed by atoms with Crippen LogP contribution in [0.25, 0.3) is 0 Å². The predicted octanol–water partition coefficient (Wildman–Crippen LogP) is 2.50. The number of rotatable bonds is 6. The summed E-state index contributed by atoms with van der Waals surface area (Å²) in [7, 11) is -3.55. The quantitative estimate of drug-likeness (QED) is 0.529. The number of benzene rings is 2. The third kappa shape index (κ3) is 5.99. The fourth-order valence-corrected chi connectivity index (χ4v) is 4.80. The number of piperidine rings is 1. The standard InChI is InChI=1S/C22H26N4O4S/c1-16-3-9-21(10-4-16)31(29,30)26-13-11-19(12-14-26)22(28)25-23-15-18-5-7-20(8-6-18)24-17(2)27/h3-10,15,19H,11-14H2,1-2H3,(H,24,27)(H,25,28). The Kier molecular flexibility index (Phi) is 7.19. The van der Waals surface area contributed by atoms with Crippen LogP contribution in [0, 0.1) is 12.8 Å².